The van der Waals surface area contributed by atoms with Gasteiger partial charge >= 0.3 is 6.03 Å². The number of benzene rings is 3. The van der Waals surface area contributed by atoms with Crippen molar-refractivity contribution in [3.05, 3.63) is 82.3 Å². The molecule has 182 valence electrons. The Hall–Kier alpha value is -3.06. The van der Waals surface area contributed by atoms with Gasteiger partial charge in [-0.1, -0.05) is 59.6 Å². The van der Waals surface area contributed by atoms with E-state index >= 15 is 0 Å². The lowest BCUT2D eigenvalue weighted by molar-refractivity contribution is -0.114. The lowest BCUT2D eigenvalue weighted by atomic mass is 9.73. The molecule has 0 spiro atoms. The SMILES string of the molecule is CC(=O)Nc1cccc(-c2ccc(C3(CNC(=O)Nc4cc(Cl)cc(Cl)c4)CCNCC3)cc2)c1. The summed E-state index contributed by atoms with van der Waals surface area (Å²) in [5.74, 6) is -0.0969. The number of urea groups is 1. The first-order valence-electron chi connectivity index (χ1n) is 11.5. The topological polar surface area (TPSA) is 82.3 Å². The number of hydrogen-bond acceptors (Lipinski definition) is 3. The Morgan fingerprint density at radius 3 is 2.20 bits per heavy atom. The Balaban J connectivity index is 1.49. The smallest absolute Gasteiger partial charge is 0.319 e. The van der Waals surface area contributed by atoms with Crippen molar-refractivity contribution in [2.24, 2.45) is 0 Å². The highest BCUT2D eigenvalue weighted by atomic mass is 35.5. The predicted molar refractivity (Wildman–Crippen MR) is 143 cm³/mol. The third-order valence-corrected chi connectivity index (χ3v) is 6.72. The minimum atomic E-state index is -0.298. The molecule has 1 heterocycles. The molecular weight excluding hydrogens is 483 g/mol. The summed E-state index contributed by atoms with van der Waals surface area (Å²) in [4.78, 5) is 24.0. The Kier molecular flexibility index (Phi) is 7.96. The summed E-state index contributed by atoms with van der Waals surface area (Å²) in [5, 5.41) is 13.0. The molecule has 0 radical (unpaired) electrons. The fraction of sp³-hybridized carbons (Fsp3) is 0.259. The van der Waals surface area contributed by atoms with Gasteiger partial charge in [0.25, 0.3) is 0 Å². The molecule has 0 atom stereocenters. The standard InChI is InChI=1S/C27H28Cl2N4O2/c1-18(34)32-24-4-2-3-20(13-24)19-5-7-21(8-6-19)27(9-11-30-12-10-27)17-31-26(35)33-25-15-22(28)14-23(29)16-25/h2-8,13-16,30H,9-12,17H2,1H3,(H,32,34)(H2,31,33,35). The first-order valence-corrected chi connectivity index (χ1v) is 12.3. The molecule has 8 heteroatoms. The summed E-state index contributed by atoms with van der Waals surface area (Å²) in [7, 11) is 0. The molecule has 3 aromatic carbocycles. The van der Waals surface area contributed by atoms with Gasteiger partial charge in [-0.25, -0.2) is 4.79 Å². The maximum absolute atomic E-state index is 12.6. The number of amides is 3. The largest absolute Gasteiger partial charge is 0.337 e. The van der Waals surface area contributed by atoms with Gasteiger partial charge < -0.3 is 21.3 Å². The number of halogens is 2. The highest BCUT2D eigenvalue weighted by Gasteiger charge is 2.34. The van der Waals surface area contributed by atoms with Gasteiger partial charge in [-0.2, -0.15) is 0 Å². The maximum Gasteiger partial charge on any atom is 0.319 e. The van der Waals surface area contributed by atoms with Gasteiger partial charge in [0.1, 0.15) is 0 Å². The number of rotatable bonds is 6. The van der Waals surface area contributed by atoms with E-state index in [1.807, 2.05) is 24.3 Å². The van der Waals surface area contributed by atoms with Gasteiger partial charge in [-0.05, 0) is 73.0 Å². The van der Waals surface area contributed by atoms with E-state index in [9.17, 15) is 9.59 Å². The first kappa shape index (κ1) is 25.0. The van der Waals surface area contributed by atoms with Gasteiger partial charge in [0.2, 0.25) is 5.91 Å². The van der Waals surface area contributed by atoms with E-state index in [0.29, 0.717) is 22.3 Å². The van der Waals surface area contributed by atoms with Crippen LogP contribution in [0.3, 0.4) is 0 Å². The van der Waals surface area contributed by atoms with Crippen molar-refractivity contribution in [2.75, 3.05) is 30.3 Å². The fourth-order valence-electron chi connectivity index (χ4n) is 4.52. The van der Waals surface area contributed by atoms with Crippen molar-refractivity contribution >= 4 is 46.5 Å². The molecule has 6 nitrogen and oxygen atoms in total. The molecule has 1 fully saturated rings. The zero-order valence-electron chi connectivity index (χ0n) is 19.5. The second kappa shape index (κ2) is 11.1. The van der Waals surface area contributed by atoms with Gasteiger partial charge in [0.05, 0.1) is 0 Å². The summed E-state index contributed by atoms with van der Waals surface area (Å²) in [6.07, 6.45) is 1.82. The van der Waals surface area contributed by atoms with Crippen LogP contribution in [0, 0.1) is 0 Å². The molecule has 1 aliphatic rings. The average molecular weight is 511 g/mol. The summed E-state index contributed by atoms with van der Waals surface area (Å²) in [6, 6.07) is 20.9. The number of piperidine rings is 1. The number of hydrogen-bond donors (Lipinski definition) is 4. The van der Waals surface area contributed by atoms with E-state index in [4.69, 9.17) is 23.2 Å². The summed E-state index contributed by atoms with van der Waals surface area (Å²) < 4.78 is 0. The molecular formula is C27H28Cl2N4O2. The second-order valence-electron chi connectivity index (χ2n) is 8.84. The number of carbonyl (C=O) groups is 2. The third-order valence-electron chi connectivity index (χ3n) is 6.28. The van der Waals surface area contributed by atoms with Crippen LogP contribution in [0.4, 0.5) is 16.2 Å². The van der Waals surface area contributed by atoms with Crippen LogP contribution >= 0.6 is 23.2 Å². The predicted octanol–water partition coefficient (Wildman–Crippen LogP) is 6.06. The number of nitrogens with one attached hydrogen (secondary N) is 4. The maximum atomic E-state index is 12.6. The molecule has 0 unspecified atom stereocenters. The normalized spacial score (nSPS) is 14.7. The van der Waals surface area contributed by atoms with Gasteiger partial charge in [-0.3, -0.25) is 4.79 Å². The second-order valence-corrected chi connectivity index (χ2v) is 9.71. The highest BCUT2D eigenvalue weighted by Crippen LogP contribution is 2.34. The van der Waals surface area contributed by atoms with E-state index in [0.717, 1.165) is 42.7 Å². The minimum absolute atomic E-state index is 0.0969. The Labute approximate surface area is 215 Å². The lowest BCUT2D eigenvalue weighted by Gasteiger charge is -2.38. The summed E-state index contributed by atoms with van der Waals surface area (Å²) in [6.45, 7) is 3.77. The number of carbonyl (C=O) groups excluding carboxylic acids is 2. The zero-order chi connectivity index (χ0) is 24.8. The van der Waals surface area contributed by atoms with Crippen molar-refractivity contribution in [2.45, 2.75) is 25.2 Å². The van der Waals surface area contributed by atoms with E-state index in [2.05, 4.69) is 45.5 Å². The van der Waals surface area contributed by atoms with Crippen LogP contribution in [0.1, 0.15) is 25.3 Å². The van der Waals surface area contributed by atoms with Crippen LogP contribution in [0.5, 0.6) is 0 Å². The first-order chi connectivity index (χ1) is 16.8. The quantitative estimate of drug-likeness (QED) is 0.325. The molecule has 0 bridgehead atoms. The summed E-state index contributed by atoms with van der Waals surface area (Å²) in [5.41, 5.74) is 4.42. The molecule has 0 aromatic heterocycles. The van der Waals surface area contributed by atoms with Crippen molar-refractivity contribution in [1.29, 1.82) is 0 Å². The van der Waals surface area contributed by atoms with Crippen molar-refractivity contribution in [3.8, 4) is 11.1 Å². The molecule has 1 aliphatic heterocycles. The third kappa shape index (κ3) is 6.54. The van der Waals surface area contributed by atoms with Crippen LogP contribution in [0.25, 0.3) is 11.1 Å². The van der Waals surface area contributed by atoms with Crippen LogP contribution < -0.4 is 21.3 Å². The summed E-state index contributed by atoms with van der Waals surface area (Å²) >= 11 is 12.1. The monoisotopic (exact) mass is 510 g/mol. The Bertz CT molecular complexity index is 1190. The molecule has 0 aliphatic carbocycles. The molecule has 3 aromatic rings. The lowest BCUT2D eigenvalue weighted by Crippen LogP contribution is -2.48. The van der Waals surface area contributed by atoms with Crippen molar-refractivity contribution < 1.29 is 9.59 Å². The molecule has 3 amide bonds. The molecule has 0 saturated carbocycles. The van der Waals surface area contributed by atoms with Gasteiger partial charge in [0.15, 0.2) is 0 Å². The molecule has 4 rings (SSSR count). The van der Waals surface area contributed by atoms with Gasteiger partial charge in [-0.15, -0.1) is 0 Å². The Morgan fingerprint density at radius 1 is 0.857 bits per heavy atom. The average Bonchev–Trinajstić information content (AvgIpc) is 2.83. The van der Waals surface area contributed by atoms with E-state index < -0.39 is 0 Å². The highest BCUT2D eigenvalue weighted by molar-refractivity contribution is 6.35. The van der Waals surface area contributed by atoms with Crippen LogP contribution in [-0.4, -0.2) is 31.6 Å². The van der Waals surface area contributed by atoms with Crippen LogP contribution in [-0.2, 0) is 10.2 Å². The van der Waals surface area contributed by atoms with Crippen LogP contribution in [0.2, 0.25) is 10.0 Å². The molecule has 1 saturated heterocycles. The van der Waals surface area contributed by atoms with Crippen molar-refractivity contribution in [3.63, 3.8) is 0 Å². The van der Waals surface area contributed by atoms with E-state index in [-0.39, 0.29) is 17.4 Å². The van der Waals surface area contributed by atoms with E-state index in [1.165, 1.54) is 12.5 Å². The number of anilines is 2. The van der Waals surface area contributed by atoms with Gasteiger partial charge in [0, 0.05) is 40.3 Å². The zero-order valence-corrected chi connectivity index (χ0v) is 21.0. The minimum Gasteiger partial charge on any atom is -0.337 e. The van der Waals surface area contributed by atoms with Crippen molar-refractivity contribution in [1.82, 2.24) is 10.6 Å². The van der Waals surface area contributed by atoms with Crippen LogP contribution in [0.15, 0.2) is 66.7 Å². The Morgan fingerprint density at radius 2 is 1.54 bits per heavy atom. The fourth-order valence-corrected chi connectivity index (χ4v) is 5.05. The van der Waals surface area contributed by atoms with E-state index in [1.54, 1.807) is 18.2 Å². The molecule has 35 heavy (non-hydrogen) atoms. The molecule has 4 N–H and O–H groups in total.